The van der Waals surface area contributed by atoms with E-state index in [1.165, 1.54) is 30.4 Å². The van der Waals surface area contributed by atoms with Gasteiger partial charge in [-0.1, -0.05) is 37.5 Å². The Bertz CT molecular complexity index is 846. The summed E-state index contributed by atoms with van der Waals surface area (Å²) in [4.78, 5) is 39.3. The number of benzene rings is 1. The third-order valence-electron chi connectivity index (χ3n) is 7.27. The van der Waals surface area contributed by atoms with Crippen molar-refractivity contribution >= 4 is 17.8 Å². The van der Waals surface area contributed by atoms with E-state index in [0.717, 1.165) is 49.0 Å². The minimum atomic E-state index is -0.887. The van der Waals surface area contributed by atoms with Gasteiger partial charge in [0.05, 0.1) is 6.04 Å². The van der Waals surface area contributed by atoms with Gasteiger partial charge in [0.2, 0.25) is 5.91 Å². The van der Waals surface area contributed by atoms with Gasteiger partial charge in [0.25, 0.3) is 5.91 Å². The number of nitrogens with zero attached hydrogens (tertiary/aromatic N) is 1. The molecule has 6 nitrogen and oxygen atoms in total. The SMILES string of the molecule is C[C@@H](NC(=O)CN1C(=O)N[C@@](C)(C2CCCCC2)C1=O)c1ccc2c(c1)CCCC2. The lowest BCUT2D eigenvalue weighted by Crippen LogP contribution is -2.51. The van der Waals surface area contributed by atoms with E-state index in [9.17, 15) is 14.4 Å². The van der Waals surface area contributed by atoms with Crippen LogP contribution in [0.1, 0.15) is 81.5 Å². The Hall–Kier alpha value is -2.37. The minimum absolute atomic E-state index is 0.144. The summed E-state index contributed by atoms with van der Waals surface area (Å²) in [5.41, 5.74) is 2.96. The number of urea groups is 1. The summed E-state index contributed by atoms with van der Waals surface area (Å²) in [5, 5.41) is 5.85. The molecule has 2 N–H and O–H groups in total. The maximum atomic E-state index is 13.1. The molecule has 30 heavy (non-hydrogen) atoms. The van der Waals surface area contributed by atoms with E-state index in [4.69, 9.17) is 0 Å². The van der Waals surface area contributed by atoms with Gasteiger partial charge in [-0.25, -0.2) is 4.79 Å². The Morgan fingerprint density at radius 3 is 2.57 bits per heavy atom. The van der Waals surface area contributed by atoms with E-state index in [-0.39, 0.29) is 30.3 Å². The smallest absolute Gasteiger partial charge is 0.325 e. The van der Waals surface area contributed by atoms with Gasteiger partial charge in [-0.3, -0.25) is 14.5 Å². The van der Waals surface area contributed by atoms with Gasteiger partial charge in [0.1, 0.15) is 12.1 Å². The molecule has 1 heterocycles. The van der Waals surface area contributed by atoms with Crippen LogP contribution in [0, 0.1) is 5.92 Å². The summed E-state index contributed by atoms with van der Waals surface area (Å²) >= 11 is 0. The molecule has 3 aliphatic rings. The normalized spacial score (nSPS) is 25.6. The molecule has 2 aliphatic carbocycles. The van der Waals surface area contributed by atoms with Crippen LogP contribution < -0.4 is 10.6 Å². The third-order valence-corrected chi connectivity index (χ3v) is 7.27. The molecule has 1 aliphatic heterocycles. The number of hydrogen-bond donors (Lipinski definition) is 2. The molecular weight excluding hydrogens is 378 g/mol. The molecule has 0 unspecified atom stereocenters. The van der Waals surface area contributed by atoms with Gasteiger partial charge in [0.15, 0.2) is 0 Å². The monoisotopic (exact) mass is 411 g/mol. The third kappa shape index (κ3) is 3.96. The zero-order chi connectivity index (χ0) is 21.3. The predicted molar refractivity (Wildman–Crippen MR) is 115 cm³/mol. The first-order chi connectivity index (χ1) is 14.4. The Balaban J connectivity index is 1.38. The summed E-state index contributed by atoms with van der Waals surface area (Å²) in [5.74, 6) is -0.433. The largest absolute Gasteiger partial charge is 0.348 e. The quantitative estimate of drug-likeness (QED) is 0.726. The zero-order valence-electron chi connectivity index (χ0n) is 18.1. The number of fused-ring (bicyclic) bond motifs is 1. The lowest BCUT2D eigenvalue weighted by Gasteiger charge is -2.34. The van der Waals surface area contributed by atoms with Crippen molar-refractivity contribution < 1.29 is 14.4 Å². The van der Waals surface area contributed by atoms with Crippen molar-refractivity contribution in [2.45, 2.75) is 83.2 Å². The van der Waals surface area contributed by atoms with E-state index >= 15 is 0 Å². The lowest BCUT2D eigenvalue weighted by molar-refractivity contribution is -0.136. The maximum Gasteiger partial charge on any atom is 0.325 e. The number of aryl methyl sites for hydroxylation is 2. The van der Waals surface area contributed by atoms with Crippen molar-refractivity contribution in [3.8, 4) is 0 Å². The summed E-state index contributed by atoms with van der Waals surface area (Å²) in [6.45, 7) is 3.53. The molecule has 0 aromatic heterocycles. The molecule has 0 spiro atoms. The number of carbonyl (C=O) groups is 3. The van der Waals surface area contributed by atoms with Crippen LogP contribution in [-0.4, -0.2) is 34.8 Å². The van der Waals surface area contributed by atoms with E-state index in [2.05, 4.69) is 28.8 Å². The van der Waals surface area contributed by atoms with Gasteiger partial charge in [0, 0.05) is 0 Å². The first-order valence-electron chi connectivity index (χ1n) is 11.4. The summed E-state index contributed by atoms with van der Waals surface area (Å²) < 4.78 is 0. The summed E-state index contributed by atoms with van der Waals surface area (Å²) in [7, 11) is 0. The highest BCUT2D eigenvalue weighted by Gasteiger charge is 2.52. The van der Waals surface area contributed by atoms with Gasteiger partial charge in [-0.05, 0) is 75.0 Å². The molecule has 2 atom stereocenters. The van der Waals surface area contributed by atoms with Crippen molar-refractivity contribution in [1.29, 1.82) is 0 Å². The number of imide groups is 1. The topological polar surface area (TPSA) is 78.5 Å². The number of hydrogen-bond acceptors (Lipinski definition) is 3. The maximum absolute atomic E-state index is 13.1. The van der Waals surface area contributed by atoms with Crippen LogP contribution >= 0.6 is 0 Å². The first-order valence-corrected chi connectivity index (χ1v) is 11.4. The molecule has 162 valence electrons. The standard InChI is InChI=1S/C24H33N3O3/c1-16(18-13-12-17-8-6-7-9-19(17)14-18)25-21(28)15-27-22(29)24(2,26-23(27)30)20-10-4-3-5-11-20/h12-14,16,20H,3-11,15H2,1-2H3,(H,25,28)(H,26,30)/t16-,24+/m1/s1. The molecule has 1 saturated heterocycles. The van der Waals surface area contributed by atoms with Crippen molar-refractivity contribution in [3.63, 3.8) is 0 Å². The molecule has 4 rings (SSSR count). The van der Waals surface area contributed by atoms with Crippen LogP contribution in [0.2, 0.25) is 0 Å². The van der Waals surface area contributed by atoms with Crippen LogP contribution in [0.3, 0.4) is 0 Å². The minimum Gasteiger partial charge on any atom is -0.348 e. The molecular formula is C24H33N3O3. The lowest BCUT2D eigenvalue weighted by atomic mass is 9.75. The van der Waals surface area contributed by atoms with Crippen LogP contribution in [0.15, 0.2) is 18.2 Å². The van der Waals surface area contributed by atoms with E-state index < -0.39 is 11.6 Å². The fourth-order valence-corrected chi connectivity index (χ4v) is 5.35. The predicted octanol–water partition coefficient (Wildman–Crippen LogP) is 3.63. The Labute approximate surface area is 178 Å². The summed E-state index contributed by atoms with van der Waals surface area (Å²) in [6, 6.07) is 5.80. The zero-order valence-corrected chi connectivity index (χ0v) is 18.1. The molecule has 6 heteroatoms. The van der Waals surface area contributed by atoms with Crippen molar-refractivity contribution in [1.82, 2.24) is 15.5 Å². The fourth-order valence-electron chi connectivity index (χ4n) is 5.35. The van der Waals surface area contributed by atoms with E-state index in [1.54, 1.807) is 0 Å². The van der Waals surface area contributed by atoms with Crippen molar-refractivity contribution in [2.24, 2.45) is 5.92 Å². The van der Waals surface area contributed by atoms with Gasteiger partial charge >= 0.3 is 6.03 Å². The Morgan fingerprint density at radius 2 is 1.83 bits per heavy atom. The first kappa shape index (κ1) is 20.9. The van der Waals surface area contributed by atoms with E-state index in [0.29, 0.717) is 0 Å². The second-order valence-corrected chi connectivity index (χ2v) is 9.38. The molecule has 1 saturated carbocycles. The highest BCUT2D eigenvalue weighted by atomic mass is 16.2. The van der Waals surface area contributed by atoms with Gasteiger partial charge in [-0.2, -0.15) is 0 Å². The van der Waals surface area contributed by atoms with Crippen LogP contribution in [-0.2, 0) is 22.4 Å². The second-order valence-electron chi connectivity index (χ2n) is 9.38. The van der Waals surface area contributed by atoms with Crippen LogP contribution in [0.25, 0.3) is 0 Å². The van der Waals surface area contributed by atoms with Crippen molar-refractivity contribution in [3.05, 3.63) is 34.9 Å². The summed E-state index contributed by atoms with van der Waals surface area (Å²) in [6.07, 6.45) is 9.91. The number of amides is 4. The highest BCUT2D eigenvalue weighted by Crippen LogP contribution is 2.36. The number of rotatable bonds is 5. The highest BCUT2D eigenvalue weighted by molar-refractivity contribution is 6.09. The molecule has 4 amide bonds. The second kappa shape index (κ2) is 8.40. The Kier molecular flexibility index (Phi) is 5.85. The molecule has 0 bridgehead atoms. The van der Waals surface area contributed by atoms with E-state index in [1.807, 2.05) is 13.8 Å². The molecule has 0 radical (unpaired) electrons. The average molecular weight is 412 g/mol. The number of nitrogens with one attached hydrogen (secondary N) is 2. The van der Waals surface area contributed by atoms with Gasteiger partial charge in [-0.15, -0.1) is 0 Å². The fraction of sp³-hybridized carbons (Fsp3) is 0.625. The van der Waals surface area contributed by atoms with Crippen molar-refractivity contribution in [2.75, 3.05) is 6.54 Å². The molecule has 1 aromatic rings. The van der Waals surface area contributed by atoms with Crippen LogP contribution in [0.4, 0.5) is 4.79 Å². The van der Waals surface area contributed by atoms with Crippen LogP contribution in [0.5, 0.6) is 0 Å². The van der Waals surface area contributed by atoms with Gasteiger partial charge < -0.3 is 10.6 Å². The molecule has 2 fully saturated rings. The Morgan fingerprint density at radius 1 is 1.13 bits per heavy atom. The average Bonchev–Trinajstić information content (AvgIpc) is 2.98. The molecule has 1 aromatic carbocycles. The number of carbonyl (C=O) groups excluding carboxylic acids is 3.